The molecule has 2 heterocycles. The predicted molar refractivity (Wildman–Crippen MR) is 163 cm³/mol. The highest BCUT2D eigenvalue weighted by Crippen LogP contribution is 2.41. The van der Waals surface area contributed by atoms with Crippen molar-refractivity contribution < 1.29 is 23.5 Å². The van der Waals surface area contributed by atoms with Gasteiger partial charge in [-0.15, -0.1) is 0 Å². The van der Waals surface area contributed by atoms with Crippen molar-refractivity contribution >= 4 is 46.2 Å². The van der Waals surface area contributed by atoms with Crippen LogP contribution >= 0.6 is 11.8 Å². The minimum absolute atomic E-state index is 0.0920. The third-order valence-electron chi connectivity index (χ3n) is 6.46. The van der Waals surface area contributed by atoms with Crippen LogP contribution in [0.4, 0.5) is 20.6 Å². The number of thioether (sulfide) groups is 1. The van der Waals surface area contributed by atoms with E-state index in [0.29, 0.717) is 22.1 Å². The lowest BCUT2D eigenvalue weighted by Crippen LogP contribution is -2.41. The average Bonchev–Trinajstić information content (AvgIpc) is 3.31. The van der Waals surface area contributed by atoms with E-state index in [2.05, 4.69) is 20.6 Å². The molecule has 0 radical (unpaired) electrons. The number of anilines is 1. The van der Waals surface area contributed by atoms with Crippen molar-refractivity contribution in [1.29, 1.82) is 0 Å². The molecule has 1 fully saturated rings. The fourth-order valence-electron chi connectivity index (χ4n) is 4.23. The molecule has 0 spiro atoms. The van der Waals surface area contributed by atoms with Crippen molar-refractivity contribution in [2.45, 2.75) is 31.4 Å². The Bertz CT molecular complexity index is 1620. The first-order valence-electron chi connectivity index (χ1n) is 13.4. The molecule has 2 N–H and O–H groups in total. The number of hydrogen-bond acceptors (Lipinski definition) is 7. The van der Waals surface area contributed by atoms with Crippen LogP contribution in [0.25, 0.3) is 0 Å². The number of pyridine rings is 1. The highest BCUT2D eigenvalue weighted by Gasteiger charge is 2.39. The topological polar surface area (TPSA) is 113 Å². The van der Waals surface area contributed by atoms with Crippen LogP contribution in [0.1, 0.15) is 28.9 Å². The number of hydrogen-bond donors (Lipinski definition) is 2. The zero-order valence-electron chi connectivity index (χ0n) is 23.1. The maximum absolute atomic E-state index is 13.8. The Morgan fingerprint density at radius 2 is 1.79 bits per heavy atom. The number of aliphatic imine (C=N–C) groups is 1. The molecule has 1 saturated heterocycles. The summed E-state index contributed by atoms with van der Waals surface area (Å²) in [6, 6.07) is 24.8. The Balaban J connectivity index is 1.23. The van der Waals surface area contributed by atoms with E-state index >= 15 is 0 Å². The predicted octanol–water partition coefficient (Wildman–Crippen LogP) is 5.98. The van der Waals surface area contributed by atoms with Crippen molar-refractivity contribution in [3.05, 3.63) is 126 Å². The SMILES string of the molecule is C[C@H](NC(=O)OCc1ccccc1)C(=O)Nc1ccc(C2SC(=Nc3cccc(F)c3)N(Cc3cccnc3)C2=O)cc1. The van der Waals surface area contributed by atoms with Crippen molar-refractivity contribution in [2.24, 2.45) is 4.99 Å². The van der Waals surface area contributed by atoms with Crippen LogP contribution < -0.4 is 10.6 Å². The Morgan fingerprint density at radius 3 is 2.51 bits per heavy atom. The summed E-state index contributed by atoms with van der Waals surface area (Å²) in [7, 11) is 0. The summed E-state index contributed by atoms with van der Waals surface area (Å²) in [5, 5.41) is 5.13. The van der Waals surface area contributed by atoms with Crippen molar-refractivity contribution in [1.82, 2.24) is 15.2 Å². The normalized spacial score (nSPS) is 16.1. The van der Waals surface area contributed by atoms with Crippen LogP contribution in [0.5, 0.6) is 0 Å². The van der Waals surface area contributed by atoms with Gasteiger partial charge in [-0.1, -0.05) is 66.4 Å². The van der Waals surface area contributed by atoms with E-state index < -0.39 is 29.1 Å². The number of nitrogens with zero attached hydrogens (tertiary/aromatic N) is 3. The number of amides is 3. The lowest BCUT2D eigenvalue weighted by atomic mass is 10.1. The number of benzene rings is 3. The summed E-state index contributed by atoms with van der Waals surface area (Å²) >= 11 is 1.27. The molecule has 218 valence electrons. The largest absolute Gasteiger partial charge is 0.445 e. The smallest absolute Gasteiger partial charge is 0.408 e. The van der Waals surface area contributed by atoms with E-state index in [9.17, 15) is 18.8 Å². The summed E-state index contributed by atoms with van der Waals surface area (Å²) in [4.78, 5) is 48.7. The van der Waals surface area contributed by atoms with Gasteiger partial charge in [0.2, 0.25) is 11.8 Å². The van der Waals surface area contributed by atoms with E-state index in [-0.39, 0.29) is 19.1 Å². The molecule has 1 unspecified atom stereocenters. The molecule has 1 aliphatic heterocycles. The fraction of sp³-hybridized carbons (Fsp3) is 0.156. The van der Waals surface area contributed by atoms with E-state index in [1.165, 1.54) is 23.9 Å². The fourth-order valence-corrected chi connectivity index (χ4v) is 5.40. The van der Waals surface area contributed by atoms with Crippen molar-refractivity contribution in [3.63, 3.8) is 0 Å². The second-order valence-electron chi connectivity index (χ2n) is 9.70. The Kier molecular flexibility index (Phi) is 9.42. The van der Waals surface area contributed by atoms with Crippen molar-refractivity contribution in [2.75, 3.05) is 5.32 Å². The first kappa shape index (κ1) is 29.5. The van der Waals surface area contributed by atoms with E-state index in [1.54, 1.807) is 66.7 Å². The molecule has 4 aromatic rings. The number of amidine groups is 1. The van der Waals surface area contributed by atoms with Crippen LogP contribution in [0, 0.1) is 5.82 Å². The number of carbonyl (C=O) groups is 3. The number of rotatable bonds is 9. The Hall–Kier alpha value is -5.03. The van der Waals surface area contributed by atoms with E-state index in [1.807, 2.05) is 36.4 Å². The summed E-state index contributed by atoms with van der Waals surface area (Å²) < 4.78 is 19.0. The van der Waals surface area contributed by atoms with Crippen LogP contribution in [-0.4, -0.2) is 39.0 Å². The van der Waals surface area contributed by atoms with Crippen LogP contribution in [0.15, 0.2) is 108 Å². The number of aromatic nitrogens is 1. The first-order valence-corrected chi connectivity index (χ1v) is 14.3. The second-order valence-corrected chi connectivity index (χ2v) is 10.8. The molecule has 0 aliphatic carbocycles. The minimum atomic E-state index is -0.849. The molecule has 43 heavy (non-hydrogen) atoms. The number of carbonyl (C=O) groups excluding carboxylic acids is 3. The van der Waals surface area contributed by atoms with Gasteiger partial charge in [-0.05, 0) is 60.0 Å². The van der Waals surface area contributed by atoms with Gasteiger partial charge in [0.05, 0.1) is 12.2 Å². The number of nitrogens with one attached hydrogen (secondary N) is 2. The Morgan fingerprint density at radius 1 is 1.02 bits per heavy atom. The molecule has 2 atom stereocenters. The summed E-state index contributed by atoms with van der Waals surface area (Å²) in [5.74, 6) is -1.02. The summed E-state index contributed by atoms with van der Waals surface area (Å²) in [6.07, 6.45) is 2.63. The third-order valence-corrected chi connectivity index (χ3v) is 7.69. The van der Waals surface area contributed by atoms with Crippen LogP contribution in [0.3, 0.4) is 0 Å². The quantitative estimate of drug-likeness (QED) is 0.246. The lowest BCUT2D eigenvalue weighted by molar-refractivity contribution is -0.126. The van der Waals surface area contributed by atoms with E-state index in [4.69, 9.17) is 4.74 Å². The second kappa shape index (κ2) is 13.8. The number of ether oxygens (including phenoxy) is 1. The molecule has 0 bridgehead atoms. The van der Waals surface area contributed by atoms with E-state index in [0.717, 1.165) is 11.1 Å². The third kappa shape index (κ3) is 7.83. The maximum atomic E-state index is 13.8. The Labute approximate surface area is 252 Å². The van der Waals surface area contributed by atoms with Gasteiger partial charge >= 0.3 is 6.09 Å². The molecule has 5 rings (SSSR count). The standard InChI is InChI=1S/C32H28FN5O4S/c1-21(35-32(41)42-20-22-7-3-2-4-8-22)29(39)36-26-14-12-24(13-15-26)28-30(40)38(19-23-9-6-16-34-18-23)31(43-28)37-27-11-5-10-25(33)17-27/h2-18,21,28H,19-20H2,1H3,(H,35,41)(H,36,39)/t21-,28?/m0/s1. The molecule has 1 aliphatic rings. The van der Waals surface area contributed by atoms with Gasteiger partial charge in [-0.25, -0.2) is 14.2 Å². The van der Waals surface area contributed by atoms with Gasteiger partial charge in [-0.3, -0.25) is 19.5 Å². The maximum Gasteiger partial charge on any atom is 0.408 e. The molecule has 9 nitrogen and oxygen atoms in total. The summed E-state index contributed by atoms with van der Waals surface area (Å²) in [5.41, 5.74) is 3.27. The highest BCUT2D eigenvalue weighted by molar-refractivity contribution is 8.15. The van der Waals surface area contributed by atoms with Crippen LogP contribution in [0.2, 0.25) is 0 Å². The zero-order chi connectivity index (χ0) is 30.2. The molecule has 3 amide bonds. The molecule has 11 heteroatoms. The minimum Gasteiger partial charge on any atom is -0.445 e. The van der Waals surface area contributed by atoms with Gasteiger partial charge in [0.15, 0.2) is 5.17 Å². The van der Waals surface area contributed by atoms with Crippen molar-refractivity contribution in [3.8, 4) is 0 Å². The van der Waals surface area contributed by atoms with Gasteiger partial charge in [0.1, 0.15) is 23.7 Å². The highest BCUT2D eigenvalue weighted by atomic mass is 32.2. The zero-order valence-corrected chi connectivity index (χ0v) is 24.0. The van der Waals surface area contributed by atoms with Gasteiger partial charge in [0, 0.05) is 18.1 Å². The molecule has 1 aromatic heterocycles. The van der Waals surface area contributed by atoms with Gasteiger partial charge < -0.3 is 15.4 Å². The average molecular weight is 598 g/mol. The molecule has 0 saturated carbocycles. The van der Waals surface area contributed by atoms with Gasteiger partial charge in [0.25, 0.3) is 0 Å². The van der Waals surface area contributed by atoms with Gasteiger partial charge in [-0.2, -0.15) is 0 Å². The van der Waals surface area contributed by atoms with Crippen LogP contribution in [-0.2, 0) is 27.5 Å². The summed E-state index contributed by atoms with van der Waals surface area (Å²) in [6.45, 7) is 1.91. The molecular formula is C32H28FN5O4S. The number of halogens is 1. The lowest BCUT2D eigenvalue weighted by Gasteiger charge is -2.17. The number of alkyl carbamates (subject to hydrolysis) is 1. The molecular weight excluding hydrogens is 569 g/mol. The molecule has 3 aromatic carbocycles. The first-order chi connectivity index (χ1) is 20.9. The monoisotopic (exact) mass is 597 g/mol.